The molecule has 0 spiro atoms. The van der Waals surface area contributed by atoms with Gasteiger partial charge in [0.05, 0.1) is 34.4 Å². The molecule has 0 saturated carbocycles. The van der Waals surface area contributed by atoms with Crippen LogP contribution in [-0.2, 0) is 0 Å². The molecular formula is C16H6N2O4. The average molecular weight is 290 g/mol. The molecule has 1 aromatic carbocycles. The second kappa shape index (κ2) is 3.67. The minimum atomic E-state index is -0.348. The molecular weight excluding hydrogens is 284 g/mol. The molecule has 0 aliphatic carbocycles. The highest BCUT2D eigenvalue weighted by Crippen LogP contribution is 2.29. The van der Waals surface area contributed by atoms with Crippen molar-refractivity contribution in [1.29, 1.82) is 0 Å². The van der Waals surface area contributed by atoms with Gasteiger partial charge in [-0.2, -0.15) is 0 Å². The van der Waals surface area contributed by atoms with Gasteiger partial charge in [-0.3, -0.25) is 9.59 Å². The van der Waals surface area contributed by atoms with Gasteiger partial charge in [-0.25, -0.2) is 9.98 Å². The Bertz CT molecular complexity index is 1030. The zero-order valence-corrected chi connectivity index (χ0v) is 11.0. The molecule has 0 radical (unpaired) electrons. The maximum Gasteiger partial charge on any atom is 0.281 e. The fourth-order valence-electron chi connectivity index (χ4n) is 2.84. The summed E-state index contributed by atoms with van der Waals surface area (Å²) < 4.78 is 10.8. The number of benzene rings is 1. The van der Waals surface area contributed by atoms with Crippen LogP contribution in [0.1, 0.15) is 20.7 Å². The second-order valence-electron chi connectivity index (χ2n) is 5.05. The SMILES string of the molecule is O=C1N=c2cc3c(cc2-c2occc21)=NC(=O)c1ccoc1-3. The smallest absolute Gasteiger partial charge is 0.281 e. The number of hydrogen-bond donors (Lipinski definition) is 0. The summed E-state index contributed by atoms with van der Waals surface area (Å²) in [5, 5.41) is 0.969. The molecule has 5 rings (SSSR count). The lowest BCUT2D eigenvalue weighted by Gasteiger charge is -2.11. The van der Waals surface area contributed by atoms with Crippen LogP contribution in [0.4, 0.5) is 0 Å². The maximum atomic E-state index is 12.0. The van der Waals surface area contributed by atoms with E-state index in [9.17, 15) is 9.59 Å². The van der Waals surface area contributed by atoms with Gasteiger partial charge < -0.3 is 8.83 Å². The van der Waals surface area contributed by atoms with Crippen molar-refractivity contribution in [3.63, 3.8) is 0 Å². The summed E-state index contributed by atoms with van der Waals surface area (Å²) in [6.07, 6.45) is 2.89. The Hall–Kier alpha value is -3.28. The van der Waals surface area contributed by atoms with Crippen LogP contribution < -0.4 is 10.7 Å². The molecule has 0 unspecified atom stereocenters. The van der Waals surface area contributed by atoms with E-state index in [-0.39, 0.29) is 11.8 Å². The summed E-state index contributed by atoms with van der Waals surface area (Å²) in [7, 11) is 0. The summed E-state index contributed by atoms with van der Waals surface area (Å²) in [6, 6.07) is 6.56. The van der Waals surface area contributed by atoms with E-state index in [1.54, 1.807) is 24.3 Å². The quantitative estimate of drug-likeness (QED) is 0.631. The molecule has 6 nitrogen and oxygen atoms in total. The minimum absolute atomic E-state index is 0.348. The Labute approximate surface area is 122 Å². The number of fused-ring (bicyclic) bond motifs is 6. The van der Waals surface area contributed by atoms with E-state index in [1.807, 2.05) is 0 Å². The first-order chi connectivity index (χ1) is 10.7. The van der Waals surface area contributed by atoms with Crippen molar-refractivity contribution in [2.24, 2.45) is 9.98 Å². The Balaban J connectivity index is 1.92. The predicted molar refractivity (Wildman–Crippen MR) is 72.8 cm³/mol. The van der Waals surface area contributed by atoms with Crippen molar-refractivity contribution in [3.05, 3.63) is 58.6 Å². The summed E-state index contributed by atoms with van der Waals surface area (Å²) in [4.78, 5) is 32.1. The van der Waals surface area contributed by atoms with Gasteiger partial charge in [0, 0.05) is 11.1 Å². The van der Waals surface area contributed by atoms with Gasteiger partial charge in [-0.1, -0.05) is 0 Å². The van der Waals surface area contributed by atoms with E-state index in [1.165, 1.54) is 12.5 Å². The van der Waals surface area contributed by atoms with Crippen LogP contribution in [0.5, 0.6) is 0 Å². The van der Waals surface area contributed by atoms with Crippen LogP contribution in [0.25, 0.3) is 22.6 Å². The molecule has 0 saturated heterocycles. The summed E-state index contributed by atoms with van der Waals surface area (Å²) >= 11 is 0. The summed E-state index contributed by atoms with van der Waals surface area (Å²) in [5.74, 6) is 0.204. The molecule has 2 aliphatic rings. The van der Waals surface area contributed by atoms with Crippen molar-refractivity contribution >= 4 is 11.8 Å². The second-order valence-corrected chi connectivity index (χ2v) is 5.05. The molecule has 0 atom stereocenters. The highest BCUT2D eigenvalue weighted by molar-refractivity contribution is 6.04. The number of rotatable bonds is 0. The molecule has 0 bridgehead atoms. The zero-order valence-electron chi connectivity index (χ0n) is 11.0. The molecule has 22 heavy (non-hydrogen) atoms. The Kier molecular flexibility index (Phi) is 1.90. The van der Waals surface area contributed by atoms with Crippen molar-refractivity contribution in [2.75, 3.05) is 0 Å². The van der Waals surface area contributed by atoms with Crippen LogP contribution in [-0.4, -0.2) is 11.8 Å². The standard InChI is InChI=1S/C16H6N2O4/c19-15-7-1-3-21-13(7)9-5-12-10(6-11(9)17-15)14-8(2-4-22-14)16(20)18-12/h1-6H. The van der Waals surface area contributed by atoms with E-state index in [2.05, 4.69) is 9.98 Å². The third-order valence-corrected chi connectivity index (χ3v) is 3.84. The Morgan fingerprint density at radius 3 is 1.59 bits per heavy atom. The Morgan fingerprint density at radius 1 is 0.682 bits per heavy atom. The van der Waals surface area contributed by atoms with Crippen LogP contribution in [0, 0.1) is 0 Å². The molecule has 2 aliphatic heterocycles. The number of amides is 2. The number of carbonyl (C=O) groups is 2. The van der Waals surface area contributed by atoms with E-state index >= 15 is 0 Å². The van der Waals surface area contributed by atoms with Crippen LogP contribution in [0.2, 0.25) is 0 Å². The van der Waals surface area contributed by atoms with Crippen molar-refractivity contribution < 1.29 is 18.4 Å². The number of nitrogens with zero attached hydrogens (tertiary/aromatic N) is 2. The molecule has 104 valence electrons. The third-order valence-electron chi connectivity index (χ3n) is 3.84. The highest BCUT2D eigenvalue weighted by Gasteiger charge is 2.26. The van der Waals surface area contributed by atoms with Gasteiger partial charge in [0.1, 0.15) is 11.5 Å². The van der Waals surface area contributed by atoms with Gasteiger partial charge in [0.25, 0.3) is 11.8 Å². The fourth-order valence-corrected chi connectivity index (χ4v) is 2.84. The molecule has 0 fully saturated rings. The summed E-state index contributed by atoms with van der Waals surface area (Å²) in [5.41, 5.74) is 2.11. The molecule has 2 amide bonds. The van der Waals surface area contributed by atoms with Crippen molar-refractivity contribution in [2.45, 2.75) is 0 Å². The fraction of sp³-hybridized carbons (Fsp3) is 0. The highest BCUT2D eigenvalue weighted by atomic mass is 16.3. The molecule has 4 heterocycles. The van der Waals surface area contributed by atoms with Crippen LogP contribution >= 0.6 is 0 Å². The topological polar surface area (TPSA) is 85.1 Å². The first-order valence-electron chi connectivity index (χ1n) is 6.58. The van der Waals surface area contributed by atoms with Gasteiger partial charge >= 0.3 is 0 Å². The van der Waals surface area contributed by atoms with Crippen molar-refractivity contribution in [3.8, 4) is 22.6 Å². The van der Waals surface area contributed by atoms with Crippen LogP contribution in [0.15, 0.2) is 55.6 Å². The van der Waals surface area contributed by atoms with E-state index < -0.39 is 0 Å². The monoisotopic (exact) mass is 290 g/mol. The van der Waals surface area contributed by atoms with E-state index in [4.69, 9.17) is 8.83 Å². The largest absolute Gasteiger partial charge is 0.463 e. The minimum Gasteiger partial charge on any atom is -0.463 e. The third kappa shape index (κ3) is 1.28. The van der Waals surface area contributed by atoms with E-state index in [0.717, 1.165) is 0 Å². The molecule has 0 N–H and O–H groups in total. The molecule has 2 aromatic heterocycles. The van der Waals surface area contributed by atoms with Crippen molar-refractivity contribution in [1.82, 2.24) is 0 Å². The van der Waals surface area contributed by atoms with Gasteiger partial charge in [0.15, 0.2) is 0 Å². The maximum absolute atomic E-state index is 12.0. The lowest BCUT2D eigenvalue weighted by molar-refractivity contribution is 0.0988. The normalized spacial score (nSPS) is 14.4. The Morgan fingerprint density at radius 2 is 1.14 bits per heavy atom. The van der Waals surface area contributed by atoms with Gasteiger partial charge in [-0.05, 0) is 24.3 Å². The lowest BCUT2D eigenvalue weighted by atomic mass is 9.98. The van der Waals surface area contributed by atoms with Crippen LogP contribution in [0.3, 0.4) is 0 Å². The van der Waals surface area contributed by atoms with Gasteiger partial charge in [-0.15, -0.1) is 0 Å². The average Bonchev–Trinajstić information content (AvgIpc) is 3.16. The number of hydrogen-bond acceptors (Lipinski definition) is 4. The van der Waals surface area contributed by atoms with E-state index in [0.29, 0.717) is 44.5 Å². The predicted octanol–water partition coefficient (Wildman–Crippen LogP) is 1.75. The molecule has 6 heteroatoms. The first-order valence-corrected chi connectivity index (χ1v) is 6.58. The first kappa shape index (κ1) is 11.4. The van der Waals surface area contributed by atoms with Gasteiger partial charge in [0.2, 0.25) is 0 Å². The summed E-state index contributed by atoms with van der Waals surface area (Å²) in [6.45, 7) is 0. The number of furan rings is 2. The lowest BCUT2D eigenvalue weighted by Crippen LogP contribution is -2.24. The molecule has 3 aromatic rings. The zero-order chi connectivity index (χ0) is 14.8. The number of carbonyl (C=O) groups excluding carboxylic acids is 2.